The van der Waals surface area contributed by atoms with Gasteiger partial charge in [0.2, 0.25) is 0 Å². The molecule has 3 N–H and O–H groups in total. The van der Waals surface area contributed by atoms with E-state index in [9.17, 15) is 4.79 Å². The zero-order valence-electron chi connectivity index (χ0n) is 11.1. The lowest BCUT2D eigenvalue weighted by atomic mass is 10.3. The first kappa shape index (κ1) is 13.1. The zero-order chi connectivity index (χ0) is 14.7. The molecule has 0 saturated heterocycles. The van der Waals surface area contributed by atoms with E-state index in [0.717, 1.165) is 5.69 Å². The Morgan fingerprint density at radius 2 is 1.86 bits per heavy atom. The minimum Gasteiger partial charge on any atom is -0.455 e. The highest BCUT2D eigenvalue weighted by Crippen LogP contribution is 2.14. The van der Waals surface area contributed by atoms with Crippen LogP contribution in [0, 0.1) is 0 Å². The van der Waals surface area contributed by atoms with E-state index in [1.54, 1.807) is 36.7 Å². The molecular formula is C14H13N5O2. The first-order valence-corrected chi connectivity index (χ1v) is 6.33. The summed E-state index contributed by atoms with van der Waals surface area (Å²) in [6.45, 7) is 0.263. The van der Waals surface area contributed by atoms with Gasteiger partial charge in [-0.25, -0.2) is 0 Å². The topological polar surface area (TPSA) is 99.0 Å². The molecule has 106 valence electrons. The average molecular weight is 283 g/mol. The summed E-state index contributed by atoms with van der Waals surface area (Å²) in [7, 11) is 0. The Kier molecular flexibility index (Phi) is 3.48. The standard InChI is InChI=1S/C14H13N5O2/c15-9-12-5-6-13(21-12)14(20)18-10-1-3-11(4-2-10)19-16-7-8-17-19/h1-8H,9,15H2,(H,18,20). The number of carbonyl (C=O) groups is 1. The molecule has 21 heavy (non-hydrogen) atoms. The maximum Gasteiger partial charge on any atom is 0.291 e. The molecule has 0 fully saturated rings. The fourth-order valence-corrected chi connectivity index (χ4v) is 1.83. The van der Waals surface area contributed by atoms with Crippen LogP contribution in [0.2, 0.25) is 0 Å². The number of aromatic nitrogens is 3. The summed E-state index contributed by atoms with van der Waals surface area (Å²) in [5.41, 5.74) is 6.90. The molecule has 0 aliphatic carbocycles. The number of amides is 1. The van der Waals surface area contributed by atoms with Crippen molar-refractivity contribution in [3.63, 3.8) is 0 Å². The first-order valence-electron chi connectivity index (χ1n) is 6.33. The van der Waals surface area contributed by atoms with Crippen molar-refractivity contribution in [2.24, 2.45) is 5.73 Å². The van der Waals surface area contributed by atoms with Crippen molar-refractivity contribution in [3.05, 3.63) is 60.3 Å². The van der Waals surface area contributed by atoms with E-state index in [4.69, 9.17) is 10.2 Å². The smallest absolute Gasteiger partial charge is 0.291 e. The third-order valence-electron chi connectivity index (χ3n) is 2.86. The Bertz CT molecular complexity index is 731. The molecule has 2 aromatic heterocycles. The van der Waals surface area contributed by atoms with Gasteiger partial charge in [-0.15, -0.1) is 0 Å². The normalized spacial score (nSPS) is 10.5. The molecule has 0 aliphatic rings. The monoisotopic (exact) mass is 283 g/mol. The van der Waals surface area contributed by atoms with Crippen LogP contribution in [0.1, 0.15) is 16.3 Å². The van der Waals surface area contributed by atoms with Gasteiger partial charge in [-0.1, -0.05) is 0 Å². The van der Waals surface area contributed by atoms with Crippen LogP contribution in [-0.2, 0) is 6.54 Å². The molecule has 0 atom stereocenters. The van der Waals surface area contributed by atoms with Gasteiger partial charge in [0, 0.05) is 5.69 Å². The summed E-state index contributed by atoms with van der Waals surface area (Å²) in [5, 5.41) is 10.8. The van der Waals surface area contributed by atoms with Gasteiger partial charge in [-0.2, -0.15) is 15.0 Å². The molecule has 0 radical (unpaired) electrons. The SMILES string of the molecule is NCc1ccc(C(=O)Nc2ccc(-n3nccn3)cc2)o1. The summed E-state index contributed by atoms with van der Waals surface area (Å²) in [5.74, 6) is 0.480. The van der Waals surface area contributed by atoms with Crippen molar-refractivity contribution in [2.75, 3.05) is 5.32 Å². The molecule has 0 spiro atoms. The van der Waals surface area contributed by atoms with Crippen LogP contribution in [0.5, 0.6) is 0 Å². The Morgan fingerprint density at radius 3 is 2.48 bits per heavy atom. The highest BCUT2D eigenvalue weighted by Gasteiger charge is 2.11. The van der Waals surface area contributed by atoms with Crippen molar-refractivity contribution in [1.29, 1.82) is 0 Å². The van der Waals surface area contributed by atoms with Gasteiger partial charge < -0.3 is 15.5 Å². The fraction of sp³-hybridized carbons (Fsp3) is 0.0714. The van der Waals surface area contributed by atoms with E-state index in [1.807, 2.05) is 12.1 Å². The summed E-state index contributed by atoms with van der Waals surface area (Å²) in [6.07, 6.45) is 3.20. The lowest BCUT2D eigenvalue weighted by Gasteiger charge is -2.04. The van der Waals surface area contributed by atoms with Gasteiger partial charge in [0.1, 0.15) is 5.76 Å². The summed E-state index contributed by atoms with van der Waals surface area (Å²) in [4.78, 5) is 13.5. The van der Waals surface area contributed by atoms with Crippen molar-refractivity contribution >= 4 is 11.6 Å². The lowest BCUT2D eigenvalue weighted by Crippen LogP contribution is -2.11. The number of anilines is 1. The molecule has 1 aromatic carbocycles. The van der Waals surface area contributed by atoms with Crippen molar-refractivity contribution in [2.45, 2.75) is 6.54 Å². The Balaban J connectivity index is 1.71. The van der Waals surface area contributed by atoms with Crippen LogP contribution in [0.3, 0.4) is 0 Å². The summed E-state index contributed by atoms with van der Waals surface area (Å²) >= 11 is 0. The van der Waals surface area contributed by atoms with E-state index in [1.165, 1.54) is 4.80 Å². The maximum atomic E-state index is 12.0. The molecule has 0 unspecified atom stereocenters. The zero-order valence-corrected chi connectivity index (χ0v) is 11.1. The Morgan fingerprint density at radius 1 is 1.14 bits per heavy atom. The number of benzene rings is 1. The van der Waals surface area contributed by atoms with E-state index < -0.39 is 0 Å². The van der Waals surface area contributed by atoms with Gasteiger partial charge in [-0.05, 0) is 36.4 Å². The highest BCUT2D eigenvalue weighted by molar-refractivity contribution is 6.02. The number of rotatable bonds is 4. The maximum absolute atomic E-state index is 12.0. The van der Waals surface area contributed by atoms with Crippen LogP contribution in [-0.4, -0.2) is 20.9 Å². The van der Waals surface area contributed by atoms with Gasteiger partial charge in [0.05, 0.1) is 24.6 Å². The predicted molar refractivity (Wildman–Crippen MR) is 75.9 cm³/mol. The van der Waals surface area contributed by atoms with Crippen LogP contribution < -0.4 is 11.1 Å². The minimum atomic E-state index is -0.320. The molecule has 0 bridgehead atoms. The van der Waals surface area contributed by atoms with Crippen LogP contribution >= 0.6 is 0 Å². The third-order valence-corrected chi connectivity index (χ3v) is 2.86. The van der Waals surface area contributed by atoms with Gasteiger partial charge in [0.25, 0.3) is 5.91 Å². The molecule has 3 aromatic rings. The first-order chi connectivity index (χ1) is 10.3. The highest BCUT2D eigenvalue weighted by atomic mass is 16.4. The second kappa shape index (κ2) is 5.59. The molecule has 0 aliphatic heterocycles. The molecule has 7 heteroatoms. The molecular weight excluding hydrogens is 270 g/mol. The van der Waals surface area contributed by atoms with Gasteiger partial charge in [0.15, 0.2) is 5.76 Å². The largest absolute Gasteiger partial charge is 0.455 e. The van der Waals surface area contributed by atoms with E-state index in [2.05, 4.69) is 15.5 Å². The number of hydrogen-bond donors (Lipinski definition) is 2. The molecule has 1 amide bonds. The number of hydrogen-bond acceptors (Lipinski definition) is 5. The number of nitrogens with zero attached hydrogens (tertiary/aromatic N) is 3. The second-order valence-corrected chi connectivity index (χ2v) is 4.29. The van der Waals surface area contributed by atoms with Crippen molar-refractivity contribution in [1.82, 2.24) is 15.0 Å². The van der Waals surface area contributed by atoms with Crippen molar-refractivity contribution < 1.29 is 9.21 Å². The van der Waals surface area contributed by atoms with Crippen LogP contribution in [0.25, 0.3) is 5.69 Å². The number of nitrogens with one attached hydrogen (secondary N) is 1. The molecule has 0 saturated carbocycles. The van der Waals surface area contributed by atoms with Crippen LogP contribution in [0.15, 0.2) is 53.2 Å². The second-order valence-electron chi connectivity index (χ2n) is 4.29. The van der Waals surface area contributed by atoms with E-state index >= 15 is 0 Å². The van der Waals surface area contributed by atoms with E-state index in [0.29, 0.717) is 11.4 Å². The lowest BCUT2D eigenvalue weighted by molar-refractivity contribution is 0.0995. The number of furan rings is 1. The molecule has 2 heterocycles. The van der Waals surface area contributed by atoms with Gasteiger partial charge >= 0.3 is 0 Å². The molecule has 7 nitrogen and oxygen atoms in total. The Labute approximate surface area is 120 Å². The molecule has 3 rings (SSSR count). The van der Waals surface area contributed by atoms with E-state index in [-0.39, 0.29) is 18.2 Å². The van der Waals surface area contributed by atoms with Gasteiger partial charge in [-0.3, -0.25) is 4.79 Å². The third kappa shape index (κ3) is 2.82. The fourth-order valence-electron chi connectivity index (χ4n) is 1.83. The van der Waals surface area contributed by atoms with Crippen LogP contribution in [0.4, 0.5) is 5.69 Å². The Hall–Kier alpha value is -2.93. The predicted octanol–water partition coefficient (Wildman–Crippen LogP) is 1.57. The average Bonchev–Trinajstić information content (AvgIpc) is 3.19. The number of carbonyl (C=O) groups excluding carboxylic acids is 1. The quantitative estimate of drug-likeness (QED) is 0.757. The van der Waals surface area contributed by atoms with Crippen molar-refractivity contribution in [3.8, 4) is 5.69 Å². The minimum absolute atomic E-state index is 0.230. The summed E-state index contributed by atoms with van der Waals surface area (Å²) < 4.78 is 5.29. The summed E-state index contributed by atoms with van der Waals surface area (Å²) in [6, 6.07) is 10.4. The number of nitrogens with two attached hydrogens (primary N) is 1.